The molecule has 31 heavy (non-hydrogen) atoms. The van der Waals surface area contributed by atoms with Crippen molar-refractivity contribution in [2.45, 2.75) is 25.3 Å². The average Bonchev–Trinajstić information content (AvgIpc) is 3.19. The van der Waals surface area contributed by atoms with Gasteiger partial charge in [0.05, 0.1) is 23.9 Å². The van der Waals surface area contributed by atoms with Gasteiger partial charge in [0.15, 0.2) is 5.82 Å². The van der Waals surface area contributed by atoms with E-state index < -0.39 is 0 Å². The molecule has 1 atom stereocenters. The van der Waals surface area contributed by atoms with Gasteiger partial charge >= 0.3 is 0 Å². The first-order chi connectivity index (χ1) is 15.0. The smallest absolute Gasteiger partial charge is 0.154 e. The molecule has 5 rings (SSSR count). The van der Waals surface area contributed by atoms with Gasteiger partial charge in [0.1, 0.15) is 5.82 Å². The Morgan fingerprint density at radius 2 is 2.00 bits per heavy atom. The lowest BCUT2D eigenvalue weighted by Gasteiger charge is -2.47. The Balaban J connectivity index is 1.30. The van der Waals surface area contributed by atoms with E-state index in [0.717, 1.165) is 43.1 Å². The third-order valence-electron chi connectivity index (χ3n) is 7.12. The van der Waals surface area contributed by atoms with Gasteiger partial charge in [-0.25, -0.2) is 14.4 Å². The van der Waals surface area contributed by atoms with Crippen LogP contribution in [0.3, 0.4) is 0 Å². The predicted octanol–water partition coefficient (Wildman–Crippen LogP) is 2.51. The first-order valence-electron chi connectivity index (χ1n) is 11.1. The Kier molecular flexibility index (Phi) is 5.35. The molecule has 3 aliphatic rings. The van der Waals surface area contributed by atoms with E-state index in [1.54, 1.807) is 12.3 Å². The van der Waals surface area contributed by atoms with E-state index in [1.807, 2.05) is 12.1 Å². The standard InChI is InChI=1S/C23H30FN7/c1-29-14-23(15-29)4-2-19(12-23)30-6-8-31(9-7-30)20-11-18(24)13-27-22(20)17-3-5-26-21(10-17)28-16-25/h3,5,10-11,13,16,19H,2,4,6-9,12,14-15H2,1H3,(H2,25,26,28). The fourth-order valence-corrected chi connectivity index (χ4v) is 5.81. The van der Waals surface area contributed by atoms with E-state index in [0.29, 0.717) is 17.3 Å². The summed E-state index contributed by atoms with van der Waals surface area (Å²) in [5.74, 6) is 0.195. The minimum Gasteiger partial charge on any atom is -0.390 e. The van der Waals surface area contributed by atoms with Crippen molar-refractivity contribution in [3.63, 3.8) is 0 Å². The second kappa shape index (κ2) is 8.16. The third kappa shape index (κ3) is 4.02. The highest BCUT2D eigenvalue weighted by Crippen LogP contribution is 2.46. The minimum absolute atomic E-state index is 0.317. The van der Waals surface area contributed by atoms with Crippen LogP contribution in [0.15, 0.2) is 35.6 Å². The zero-order valence-electron chi connectivity index (χ0n) is 18.0. The fraction of sp³-hybridized carbons (Fsp3) is 0.522. The van der Waals surface area contributed by atoms with Crippen LogP contribution in [-0.2, 0) is 0 Å². The number of rotatable bonds is 4. The quantitative estimate of drug-likeness (QED) is 0.602. The second-order valence-corrected chi connectivity index (χ2v) is 9.29. The number of anilines is 1. The molecule has 2 saturated heterocycles. The molecular formula is C23H30FN7. The number of pyridine rings is 2. The highest BCUT2D eigenvalue weighted by atomic mass is 19.1. The summed E-state index contributed by atoms with van der Waals surface area (Å²) in [4.78, 5) is 20.0. The third-order valence-corrected chi connectivity index (χ3v) is 7.12. The number of nitrogens with zero attached hydrogens (tertiary/aromatic N) is 6. The lowest BCUT2D eigenvalue weighted by molar-refractivity contribution is 0.0204. The van der Waals surface area contributed by atoms with Crippen molar-refractivity contribution < 1.29 is 4.39 Å². The van der Waals surface area contributed by atoms with E-state index in [2.05, 4.69) is 36.7 Å². The van der Waals surface area contributed by atoms with Crippen molar-refractivity contribution in [1.29, 1.82) is 0 Å². The van der Waals surface area contributed by atoms with Gasteiger partial charge in [-0.2, -0.15) is 0 Å². The van der Waals surface area contributed by atoms with Gasteiger partial charge in [-0.15, -0.1) is 0 Å². The maximum absolute atomic E-state index is 14.1. The van der Waals surface area contributed by atoms with E-state index in [1.165, 1.54) is 44.9 Å². The molecule has 0 bridgehead atoms. The molecule has 0 aromatic carbocycles. The highest BCUT2D eigenvalue weighted by Gasteiger charge is 2.48. The van der Waals surface area contributed by atoms with E-state index in [4.69, 9.17) is 5.73 Å². The summed E-state index contributed by atoms with van der Waals surface area (Å²) in [5.41, 5.74) is 8.42. The molecule has 2 N–H and O–H groups in total. The summed E-state index contributed by atoms with van der Waals surface area (Å²) in [7, 11) is 2.22. The van der Waals surface area contributed by atoms with Crippen LogP contribution in [0.5, 0.6) is 0 Å². The van der Waals surface area contributed by atoms with Crippen molar-refractivity contribution >= 4 is 17.8 Å². The van der Waals surface area contributed by atoms with Gasteiger partial charge in [-0.1, -0.05) is 0 Å². The first-order valence-corrected chi connectivity index (χ1v) is 11.1. The van der Waals surface area contributed by atoms with Crippen molar-refractivity contribution in [2.24, 2.45) is 16.1 Å². The van der Waals surface area contributed by atoms with E-state index in [-0.39, 0.29) is 5.82 Å². The number of likely N-dealkylation sites (tertiary alicyclic amines) is 1. The Morgan fingerprint density at radius 1 is 1.19 bits per heavy atom. The summed E-state index contributed by atoms with van der Waals surface area (Å²) in [6, 6.07) is 6.00. The number of hydrogen-bond acceptors (Lipinski definition) is 6. The molecule has 7 nitrogen and oxygen atoms in total. The Morgan fingerprint density at radius 3 is 2.74 bits per heavy atom. The van der Waals surface area contributed by atoms with Gasteiger partial charge in [-0.3, -0.25) is 9.88 Å². The molecule has 1 saturated carbocycles. The molecule has 1 unspecified atom stereocenters. The second-order valence-electron chi connectivity index (χ2n) is 9.29. The van der Waals surface area contributed by atoms with Crippen molar-refractivity contribution in [3.8, 4) is 11.3 Å². The maximum atomic E-state index is 14.1. The van der Waals surface area contributed by atoms with Crippen LogP contribution in [0, 0.1) is 11.2 Å². The molecule has 1 spiro atoms. The first kappa shape index (κ1) is 20.3. The van der Waals surface area contributed by atoms with Gasteiger partial charge in [0, 0.05) is 63.1 Å². The Hall–Kier alpha value is -2.58. The molecule has 2 aromatic rings. The van der Waals surface area contributed by atoms with Gasteiger partial charge < -0.3 is 15.5 Å². The number of aromatic nitrogens is 2. The van der Waals surface area contributed by atoms with Gasteiger partial charge in [0.25, 0.3) is 0 Å². The highest BCUT2D eigenvalue weighted by molar-refractivity contribution is 5.76. The van der Waals surface area contributed by atoms with Crippen molar-refractivity contribution in [1.82, 2.24) is 19.8 Å². The number of piperazine rings is 1. The zero-order valence-corrected chi connectivity index (χ0v) is 18.0. The number of hydrogen-bond donors (Lipinski definition) is 1. The molecule has 0 radical (unpaired) electrons. The Labute approximate surface area is 182 Å². The van der Waals surface area contributed by atoms with Crippen LogP contribution in [-0.4, -0.2) is 78.5 Å². The van der Waals surface area contributed by atoms with E-state index >= 15 is 0 Å². The van der Waals surface area contributed by atoms with Crippen LogP contribution in [0.4, 0.5) is 15.9 Å². The van der Waals surface area contributed by atoms with Crippen molar-refractivity contribution in [3.05, 3.63) is 36.4 Å². The molecule has 0 amide bonds. The van der Waals surface area contributed by atoms with Gasteiger partial charge in [0.2, 0.25) is 0 Å². The number of nitrogens with two attached hydrogens (primary N) is 1. The Bertz CT molecular complexity index is 964. The summed E-state index contributed by atoms with van der Waals surface area (Å²) < 4.78 is 14.1. The largest absolute Gasteiger partial charge is 0.390 e. The molecule has 2 aliphatic heterocycles. The topological polar surface area (TPSA) is 73.9 Å². The molecule has 164 valence electrons. The molecule has 1 aliphatic carbocycles. The molecule has 2 aromatic heterocycles. The SMILES string of the molecule is CN1CC2(CCC(N3CCN(c4cc(F)cnc4-c4ccnc(N=CN)c4)CC3)C2)C1. The molecule has 8 heteroatoms. The summed E-state index contributed by atoms with van der Waals surface area (Å²) in [5, 5.41) is 0. The minimum atomic E-state index is -0.317. The van der Waals surface area contributed by atoms with Crippen LogP contribution in [0.1, 0.15) is 19.3 Å². The summed E-state index contributed by atoms with van der Waals surface area (Å²) in [6.07, 6.45) is 8.16. The maximum Gasteiger partial charge on any atom is 0.154 e. The van der Waals surface area contributed by atoms with E-state index in [9.17, 15) is 4.39 Å². The fourth-order valence-electron chi connectivity index (χ4n) is 5.81. The monoisotopic (exact) mass is 423 g/mol. The lowest BCUT2D eigenvalue weighted by Crippen LogP contribution is -2.54. The zero-order chi connectivity index (χ0) is 21.4. The van der Waals surface area contributed by atoms with Crippen LogP contribution in [0.2, 0.25) is 0 Å². The van der Waals surface area contributed by atoms with Crippen LogP contribution < -0.4 is 10.6 Å². The lowest BCUT2D eigenvalue weighted by atomic mass is 9.78. The predicted molar refractivity (Wildman–Crippen MR) is 121 cm³/mol. The molecule has 4 heterocycles. The van der Waals surface area contributed by atoms with Crippen LogP contribution >= 0.6 is 0 Å². The number of halogens is 1. The molecule has 3 fully saturated rings. The van der Waals surface area contributed by atoms with Gasteiger partial charge in [-0.05, 0) is 43.9 Å². The summed E-state index contributed by atoms with van der Waals surface area (Å²) >= 11 is 0. The van der Waals surface area contributed by atoms with Crippen LogP contribution in [0.25, 0.3) is 11.3 Å². The number of aliphatic imine (C=N–C) groups is 1. The normalized spacial score (nSPS) is 24.2. The molecular weight excluding hydrogens is 393 g/mol. The average molecular weight is 424 g/mol. The van der Waals surface area contributed by atoms with Crippen molar-refractivity contribution in [2.75, 3.05) is 51.2 Å². The summed E-state index contributed by atoms with van der Waals surface area (Å²) in [6.45, 7) is 6.27.